The van der Waals surface area contributed by atoms with Crippen molar-refractivity contribution in [2.45, 2.75) is 18.3 Å². The Morgan fingerprint density at radius 2 is 1.78 bits per heavy atom. The Bertz CT molecular complexity index is 110. The maximum atomic E-state index is 3.61. The Balaban J connectivity index is 3.64. The number of rotatable bonds is 2. The zero-order chi connectivity index (χ0) is 7.49. The Hall–Kier alpha value is 1.98. The molecular formula is C5H9Br3Sn. The molecule has 0 aliphatic carbocycles. The van der Waals surface area contributed by atoms with E-state index in [-0.39, 0.29) is 0 Å². The molecule has 0 nitrogen and oxygen atoms in total. The van der Waals surface area contributed by atoms with Gasteiger partial charge in [-0.15, -0.1) is 0 Å². The number of hydrogen-bond donors (Lipinski definition) is 0. The summed E-state index contributed by atoms with van der Waals surface area (Å²) in [4.78, 5) is 0. The summed E-state index contributed by atoms with van der Waals surface area (Å²) in [6, 6.07) is 0. The van der Waals surface area contributed by atoms with Crippen LogP contribution >= 0.6 is 38.1 Å². The standard InChI is InChI=1S/C5H9.3BrH.Sn/c1-4-5(2)3;;;;/h4H,1H2,2-3H3;3*1H;/q;;;;+3/p-3. The van der Waals surface area contributed by atoms with E-state index in [1.165, 1.54) is 5.57 Å². The van der Waals surface area contributed by atoms with E-state index in [9.17, 15) is 0 Å². The molecule has 0 aromatic heterocycles. The van der Waals surface area contributed by atoms with E-state index in [2.05, 4.69) is 58.0 Å². The average Bonchev–Trinajstić information content (AvgIpc) is 1.59. The summed E-state index contributed by atoms with van der Waals surface area (Å²) in [6.07, 6.45) is 2.24. The molecule has 0 heterocycles. The van der Waals surface area contributed by atoms with Gasteiger partial charge in [-0.3, -0.25) is 0 Å². The van der Waals surface area contributed by atoms with E-state index in [0.717, 1.165) is 4.44 Å². The predicted molar refractivity (Wildman–Crippen MR) is 56.8 cm³/mol. The van der Waals surface area contributed by atoms with Crippen LogP contribution < -0.4 is 0 Å². The van der Waals surface area contributed by atoms with Crippen LogP contribution in [0.15, 0.2) is 11.6 Å². The first kappa shape index (κ1) is 11.0. The Kier molecular flexibility index (Phi) is 5.83. The van der Waals surface area contributed by atoms with Crippen molar-refractivity contribution in [3.8, 4) is 0 Å². The molecule has 0 saturated heterocycles. The first-order valence-electron chi connectivity index (χ1n) is 2.62. The molecule has 54 valence electrons. The van der Waals surface area contributed by atoms with Crippen molar-refractivity contribution in [3.63, 3.8) is 0 Å². The fraction of sp³-hybridized carbons (Fsp3) is 0.600. The molecule has 4 heteroatoms. The minimum absolute atomic E-state index is 1.15. The molecule has 0 aliphatic rings. The molecule has 0 spiro atoms. The number of allylic oxidation sites excluding steroid dienone is 2. The predicted octanol–water partition coefficient (Wildman–Crippen LogP) is 4.08. The van der Waals surface area contributed by atoms with Crippen LogP contribution in [0.1, 0.15) is 13.8 Å². The summed E-state index contributed by atoms with van der Waals surface area (Å²) in [5.41, 5.74) is 1.38. The van der Waals surface area contributed by atoms with Gasteiger partial charge in [-0.25, -0.2) is 0 Å². The molecule has 0 saturated carbocycles. The van der Waals surface area contributed by atoms with Crippen molar-refractivity contribution in [1.29, 1.82) is 0 Å². The molecule has 0 amide bonds. The molecular weight excluding hydrogens is 418 g/mol. The molecule has 0 atom stereocenters. The molecule has 0 unspecified atom stereocenters. The van der Waals surface area contributed by atoms with Crippen LogP contribution in [0.3, 0.4) is 0 Å². The van der Waals surface area contributed by atoms with Crippen LogP contribution in [0.2, 0.25) is 4.44 Å². The minimum atomic E-state index is -2.00. The molecule has 0 aromatic rings. The van der Waals surface area contributed by atoms with Gasteiger partial charge in [-0.05, 0) is 0 Å². The summed E-state index contributed by atoms with van der Waals surface area (Å²) in [5, 5.41) is 0. The monoisotopic (exact) mass is 426 g/mol. The first-order chi connectivity index (χ1) is 3.92. The second-order valence-electron chi connectivity index (χ2n) is 2.10. The van der Waals surface area contributed by atoms with E-state index >= 15 is 0 Å². The maximum absolute atomic E-state index is 3.61. The summed E-state index contributed by atoms with van der Waals surface area (Å²) in [7, 11) is 0. The zero-order valence-corrected chi connectivity index (χ0v) is 13.0. The topological polar surface area (TPSA) is 0 Å². The van der Waals surface area contributed by atoms with E-state index in [4.69, 9.17) is 0 Å². The summed E-state index contributed by atoms with van der Waals surface area (Å²) < 4.78 is 1.15. The quantitative estimate of drug-likeness (QED) is 0.460. The molecule has 0 aromatic carbocycles. The summed E-state index contributed by atoms with van der Waals surface area (Å²) in [5.74, 6) is 0. The molecule has 9 heavy (non-hydrogen) atoms. The second kappa shape index (κ2) is 4.78. The van der Waals surface area contributed by atoms with Crippen molar-refractivity contribution in [2.75, 3.05) is 0 Å². The number of halogens is 3. The molecule has 0 aliphatic heterocycles. The third kappa shape index (κ3) is 9.98. The normalized spacial score (nSPS) is 11.2. The van der Waals surface area contributed by atoms with E-state index in [1.807, 2.05) is 0 Å². The molecule has 0 radical (unpaired) electrons. The van der Waals surface area contributed by atoms with Gasteiger partial charge in [0.05, 0.1) is 0 Å². The van der Waals surface area contributed by atoms with Crippen LogP contribution in [-0.2, 0) is 0 Å². The number of hydrogen-bond acceptors (Lipinski definition) is 0. The third-order valence-corrected chi connectivity index (χ3v) is 9.16. The Labute approximate surface area is 78.6 Å². The van der Waals surface area contributed by atoms with Crippen LogP contribution in [0.5, 0.6) is 0 Å². The van der Waals surface area contributed by atoms with Gasteiger partial charge in [0.1, 0.15) is 0 Å². The van der Waals surface area contributed by atoms with Crippen LogP contribution in [-0.4, -0.2) is 11.7 Å². The fourth-order valence-corrected chi connectivity index (χ4v) is 5.40. The second-order valence-corrected chi connectivity index (χ2v) is 55.4. The van der Waals surface area contributed by atoms with Crippen LogP contribution in [0.4, 0.5) is 0 Å². The van der Waals surface area contributed by atoms with Crippen molar-refractivity contribution in [1.82, 2.24) is 0 Å². The van der Waals surface area contributed by atoms with Crippen molar-refractivity contribution < 1.29 is 0 Å². The molecule has 0 rings (SSSR count). The van der Waals surface area contributed by atoms with Crippen LogP contribution in [0, 0.1) is 0 Å². The summed E-state index contributed by atoms with van der Waals surface area (Å²) >= 11 is 8.82. The van der Waals surface area contributed by atoms with E-state index in [0.29, 0.717) is 0 Å². The summed E-state index contributed by atoms with van der Waals surface area (Å²) in [6.45, 7) is 4.23. The van der Waals surface area contributed by atoms with Gasteiger partial charge in [-0.2, -0.15) is 0 Å². The SMILES string of the molecule is CC(C)=C[CH2][Sn]([Br])([Br])[Br]. The fourth-order valence-electron chi connectivity index (χ4n) is 0.320. The van der Waals surface area contributed by atoms with Gasteiger partial charge in [0, 0.05) is 0 Å². The van der Waals surface area contributed by atoms with Gasteiger partial charge in [0.15, 0.2) is 0 Å². The zero-order valence-electron chi connectivity index (χ0n) is 5.42. The van der Waals surface area contributed by atoms with Crippen LogP contribution in [0.25, 0.3) is 0 Å². The van der Waals surface area contributed by atoms with Crippen molar-refractivity contribution in [2.24, 2.45) is 0 Å². The van der Waals surface area contributed by atoms with E-state index < -0.39 is 11.7 Å². The molecule has 0 bridgehead atoms. The van der Waals surface area contributed by atoms with Gasteiger partial charge >= 0.3 is 79.8 Å². The Morgan fingerprint density at radius 1 is 1.33 bits per heavy atom. The third-order valence-electron chi connectivity index (χ3n) is 0.742. The van der Waals surface area contributed by atoms with Gasteiger partial charge in [0.25, 0.3) is 0 Å². The van der Waals surface area contributed by atoms with Gasteiger partial charge in [-0.1, -0.05) is 0 Å². The molecule has 0 N–H and O–H groups in total. The van der Waals surface area contributed by atoms with Gasteiger partial charge < -0.3 is 0 Å². The first-order valence-corrected chi connectivity index (χ1v) is 23.8. The van der Waals surface area contributed by atoms with Gasteiger partial charge in [0.2, 0.25) is 0 Å². The van der Waals surface area contributed by atoms with E-state index in [1.54, 1.807) is 0 Å². The Morgan fingerprint density at radius 3 is 1.89 bits per heavy atom. The molecule has 0 fully saturated rings. The average molecular weight is 428 g/mol. The van der Waals surface area contributed by atoms with Crippen molar-refractivity contribution >= 4 is 49.8 Å². The van der Waals surface area contributed by atoms with Crippen molar-refractivity contribution in [3.05, 3.63) is 11.6 Å².